The highest BCUT2D eigenvalue weighted by atomic mass is 16.5. The monoisotopic (exact) mass is 351 g/mol. The quantitative estimate of drug-likeness (QED) is 0.735. The minimum Gasteiger partial charge on any atom is -0.507 e. The molecule has 0 spiro atoms. The Balaban J connectivity index is 2.10. The van der Waals surface area contributed by atoms with Crippen molar-refractivity contribution in [1.29, 1.82) is 0 Å². The number of hydrogen-bond acceptors (Lipinski definition) is 6. The van der Waals surface area contributed by atoms with Gasteiger partial charge < -0.3 is 15.2 Å². The van der Waals surface area contributed by atoms with Gasteiger partial charge in [-0.3, -0.25) is 15.1 Å². The fourth-order valence-electron chi connectivity index (χ4n) is 2.66. The van der Waals surface area contributed by atoms with E-state index in [4.69, 9.17) is 11.3 Å². The number of aromatic hydroxyl groups is 1. The lowest BCUT2D eigenvalue weighted by Crippen LogP contribution is -2.43. The van der Waals surface area contributed by atoms with Crippen LogP contribution in [0.15, 0.2) is 35.5 Å². The van der Waals surface area contributed by atoms with Crippen molar-refractivity contribution in [3.8, 4) is 22.8 Å². The molecule has 1 aliphatic heterocycles. The number of methoxy groups -OCH3 is 1. The second-order valence-corrected chi connectivity index (χ2v) is 5.52. The van der Waals surface area contributed by atoms with Crippen molar-refractivity contribution >= 4 is 17.6 Å². The molecule has 0 saturated heterocycles. The standard InChI is InChI=1S/C18H17N5O3/c1-19-12-4-5-13(24)16(17(25)23-18-21-7-3-8-22-18)15(12)11-6-9-20-14(10-11)26-2/h4-6,9-10,24H,3,7-8H2,2H3,(H2,21,22,23,25). The first kappa shape index (κ1) is 17.2. The van der Waals surface area contributed by atoms with Crippen LogP contribution in [-0.2, 0) is 0 Å². The molecule has 8 nitrogen and oxygen atoms in total. The maximum Gasteiger partial charge on any atom is 0.261 e. The molecule has 26 heavy (non-hydrogen) atoms. The summed E-state index contributed by atoms with van der Waals surface area (Å²) in [6.45, 7) is 8.75. The van der Waals surface area contributed by atoms with Crippen LogP contribution in [0.2, 0.25) is 0 Å². The Morgan fingerprint density at radius 3 is 2.96 bits per heavy atom. The number of guanidine groups is 1. The van der Waals surface area contributed by atoms with Crippen molar-refractivity contribution in [1.82, 2.24) is 15.6 Å². The van der Waals surface area contributed by atoms with E-state index in [1.807, 2.05) is 0 Å². The largest absolute Gasteiger partial charge is 0.507 e. The molecule has 0 bridgehead atoms. The first-order valence-electron chi connectivity index (χ1n) is 7.97. The van der Waals surface area contributed by atoms with Crippen LogP contribution in [-0.4, -0.2) is 42.2 Å². The van der Waals surface area contributed by atoms with Crippen LogP contribution in [0, 0.1) is 6.57 Å². The van der Waals surface area contributed by atoms with Crippen LogP contribution >= 0.6 is 0 Å². The number of phenols is 1. The van der Waals surface area contributed by atoms with Gasteiger partial charge in [0.2, 0.25) is 5.88 Å². The number of phenolic OH excluding ortho intramolecular Hbond substituents is 1. The molecule has 0 atom stereocenters. The molecular weight excluding hydrogens is 334 g/mol. The normalized spacial score (nSPS) is 13.2. The average molecular weight is 351 g/mol. The van der Waals surface area contributed by atoms with Crippen LogP contribution in [0.3, 0.4) is 0 Å². The lowest BCUT2D eigenvalue weighted by molar-refractivity contribution is 0.0973. The van der Waals surface area contributed by atoms with E-state index in [9.17, 15) is 9.90 Å². The third kappa shape index (κ3) is 3.42. The highest BCUT2D eigenvalue weighted by Crippen LogP contribution is 2.39. The number of ether oxygens (including phenoxy) is 1. The molecule has 3 rings (SSSR count). The molecule has 0 saturated carbocycles. The Kier molecular flexibility index (Phi) is 4.99. The van der Waals surface area contributed by atoms with Crippen LogP contribution in [0.5, 0.6) is 11.6 Å². The zero-order valence-corrected chi connectivity index (χ0v) is 14.1. The molecule has 0 unspecified atom stereocenters. The molecule has 0 aliphatic carbocycles. The molecule has 3 N–H and O–H groups in total. The number of aromatic nitrogens is 1. The van der Waals surface area contributed by atoms with E-state index in [2.05, 4.69) is 25.5 Å². The second kappa shape index (κ2) is 7.53. The molecule has 2 heterocycles. The van der Waals surface area contributed by atoms with Gasteiger partial charge in [0.15, 0.2) is 11.6 Å². The predicted molar refractivity (Wildman–Crippen MR) is 96.5 cm³/mol. The van der Waals surface area contributed by atoms with Gasteiger partial charge in [0, 0.05) is 30.9 Å². The molecule has 132 valence electrons. The van der Waals surface area contributed by atoms with Crippen LogP contribution < -0.4 is 15.4 Å². The lowest BCUT2D eigenvalue weighted by atomic mass is 9.97. The first-order chi connectivity index (χ1) is 12.6. The highest BCUT2D eigenvalue weighted by molar-refractivity contribution is 6.12. The van der Waals surface area contributed by atoms with E-state index < -0.39 is 5.91 Å². The fraction of sp³-hybridized carbons (Fsp3) is 0.222. The van der Waals surface area contributed by atoms with E-state index in [0.717, 1.165) is 6.42 Å². The zero-order chi connectivity index (χ0) is 18.5. The number of benzene rings is 1. The number of hydrogen-bond donors (Lipinski definition) is 3. The number of amides is 1. The van der Waals surface area contributed by atoms with Crippen molar-refractivity contribution in [2.24, 2.45) is 4.99 Å². The SMILES string of the molecule is [C-]#[N+]c1ccc(O)c(C(=O)NC2=NCCCN2)c1-c1ccnc(OC)c1. The van der Waals surface area contributed by atoms with Crippen LogP contribution in [0.25, 0.3) is 16.0 Å². The molecule has 0 fully saturated rings. The van der Waals surface area contributed by atoms with E-state index in [0.29, 0.717) is 36.1 Å². The Labute approximate surface area is 150 Å². The van der Waals surface area contributed by atoms with Gasteiger partial charge >= 0.3 is 0 Å². The summed E-state index contributed by atoms with van der Waals surface area (Å²) < 4.78 is 5.12. The van der Waals surface area contributed by atoms with Gasteiger partial charge in [-0.25, -0.2) is 9.83 Å². The Hall–Kier alpha value is -3.60. The van der Waals surface area contributed by atoms with Gasteiger partial charge in [-0.05, 0) is 24.1 Å². The molecular formula is C18H17N5O3. The zero-order valence-electron chi connectivity index (χ0n) is 14.1. The summed E-state index contributed by atoms with van der Waals surface area (Å²) in [5.74, 6) is -0.0809. The van der Waals surface area contributed by atoms with Crippen molar-refractivity contribution < 1.29 is 14.6 Å². The summed E-state index contributed by atoms with van der Waals surface area (Å²) in [4.78, 5) is 24.5. The van der Waals surface area contributed by atoms with Gasteiger partial charge in [0.25, 0.3) is 5.91 Å². The third-order valence-electron chi connectivity index (χ3n) is 3.87. The fourth-order valence-corrected chi connectivity index (χ4v) is 2.66. The summed E-state index contributed by atoms with van der Waals surface area (Å²) >= 11 is 0. The molecule has 8 heteroatoms. The highest BCUT2D eigenvalue weighted by Gasteiger charge is 2.23. The van der Waals surface area contributed by atoms with E-state index in [-0.39, 0.29) is 17.0 Å². The topological polar surface area (TPSA) is 100 Å². The van der Waals surface area contributed by atoms with E-state index >= 15 is 0 Å². The van der Waals surface area contributed by atoms with Crippen LogP contribution in [0.1, 0.15) is 16.8 Å². The number of aliphatic imine (C=N–C) groups is 1. The summed E-state index contributed by atoms with van der Waals surface area (Å²) in [5, 5.41) is 16.0. The molecule has 2 aromatic rings. The number of nitrogens with one attached hydrogen (secondary N) is 2. The lowest BCUT2D eigenvalue weighted by Gasteiger charge is -2.18. The van der Waals surface area contributed by atoms with Gasteiger partial charge in [-0.15, -0.1) is 0 Å². The Bertz CT molecular complexity index is 918. The Morgan fingerprint density at radius 2 is 2.27 bits per heavy atom. The minimum atomic E-state index is -0.549. The maximum atomic E-state index is 12.8. The van der Waals surface area contributed by atoms with Crippen molar-refractivity contribution in [3.63, 3.8) is 0 Å². The number of carbonyl (C=O) groups excluding carboxylic acids is 1. The number of pyridine rings is 1. The molecule has 0 radical (unpaired) electrons. The summed E-state index contributed by atoms with van der Waals surface area (Å²) in [5.41, 5.74) is 1.10. The van der Waals surface area contributed by atoms with Gasteiger partial charge in [-0.1, -0.05) is 6.07 Å². The molecule has 1 aromatic heterocycles. The van der Waals surface area contributed by atoms with Crippen molar-refractivity contribution in [2.45, 2.75) is 6.42 Å². The Morgan fingerprint density at radius 1 is 1.42 bits per heavy atom. The van der Waals surface area contributed by atoms with Gasteiger partial charge in [0.05, 0.1) is 19.2 Å². The number of rotatable bonds is 3. The van der Waals surface area contributed by atoms with Crippen molar-refractivity contribution in [2.75, 3.05) is 20.2 Å². The second-order valence-electron chi connectivity index (χ2n) is 5.52. The smallest absolute Gasteiger partial charge is 0.261 e. The molecule has 1 aromatic carbocycles. The number of carbonyl (C=O) groups is 1. The summed E-state index contributed by atoms with van der Waals surface area (Å²) in [6, 6.07) is 6.06. The van der Waals surface area contributed by atoms with Crippen molar-refractivity contribution in [3.05, 3.63) is 47.4 Å². The predicted octanol–water partition coefficient (Wildman–Crippen LogP) is 2.09. The van der Waals surface area contributed by atoms with Crippen LogP contribution in [0.4, 0.5) is 5.69 Å². The minimum absolute atomic E-state index is 0.00169. The van der Waals surface area contributed by atoms with Gasteiger partial charge in [0.1, 0.15) is 5.75 Å². The van der Waals surface area contributed by atoms with E-state index in [1.165, 1.54) is 25.4 Å². The molecule has 1 amide bonds. The number of nitrogens with zero attached hydrogens (tertiary/aromatic N) is 3. The van der Waals surface area contributed by atoms with E-state index in [1.54, 1.807) is 12.1 Å². The first-order valence-corrected chi connectivity index (χ1v) is 7.97. The van der Waals surface area contributed by atoms with Gasteiger partial charge in [-0.2, -0.15) is 0 Å². The molecule has 1 aliphatic rings. The maximum absolute atomic E-state index is 12.8. The third-order valence-corrected chi connectivity index (χ3v) is 3.87. The average Bonchev–Trinajstić information content (AvgIpc) is 2.68. The summed E-state index contributed by atoms with van der Waals surface area (Å²) in [6.07, 6.45) is 2.40. The summed E-state index contributed by atoms with van der Waals surface area (Å²) in [7, 11) is 1.48.